The van der Waals surface area contributed by atoms with Crippen molar-refractivity contribution in [1.29, 1.82) is 0 Å². The lowest BCUT2D eigenvalue weighted by atomic mass is 10.2. The molecule has 1 aliphatic rings. The van der Waals surface area contributed by atoms with Crippen molar-refractivity contribution in [3.8, 4) is 0 Å². The lowest BCUT2D eigenvalue weighted by molar-refractivity contribution is 0.0789. The van der Waals surface area contributed by atoms with Crippen LogP contribution in [0, 0.1) is 0 Å². The van der Waals surface area contributed by atoms with Crippen LogP contribution in [0.2, 0.25) is 0 Å². The minimum absolute atomic E-state index is 0.0942. The molecule has 0 radical (unpaired) electrons. The molecule has 3 rings (SSSR count). The third kappa shape index (κ3) is 3.99. The second-order valence-corrected chi connectivity index (χ2v) is 8.36. The first-order valence-corrected chi connectivity index (χ1v) is 10.8. The molecule has 0 atom stereocenters. The van der Waals surface area contributed by atoms with E-state index in [0.717, 1.165) is 30.8 Å². The van der Waals surface area contributed by atoms with Gasteiger partial charge in [0.1, 0.15) is 0 Å². The van der Waals surface area contributed by atoms with Gasteiger partial charge < -0.3 is 4.90 Å². The van der Waals surface area contributed by atoms with Crippen LogP contribution in [0.3, 0.4) is 0 Å². The summed E-state index contributed by atoms with van der Waals surface area (Å²) in [5, 5.41) is 0. The summed E-state index contributed by atoms with van der Waals surface area (Å²) in [6.07, 6.45) is 3.87. The van der Waals surface area contributed by atoms with E-state index in [9.17, 15) is 13.2 Å². The van der Waals surface area contributed by atoms with Gasteiger partial charge in [-0.2, -0.15) is 0 Å². The fourth-order valence-corrected chi connectivity index (χ4v) is 4.49. The largest absolute Gasteiger partial charge is 0.339 e. The molecule has 1 fully saturated rings. The monoisotopic (exact) mass is 376 g/mol. The number of para-hydroxylation sites is 1. The molecular weight excluding hydrogens is 356 g/mol. The minimum atomic E-state index is -3.75. The Bertz CT molecular complexity index is 861. The molecular formula is C18H20N2O3S2. The number of likely N-dealkylation sites (tertiary alicyclic amines) is 1. The van der Waals surface area contributed by atoms with Crippen LogP contribution in [0.1, 0.15) is 23.2 Å². The zero-order valence-corrected chi connectivity index (χ0v) is 15.6. The van der Waals surface area contributed by atoms with Crippen molar-refractivity contribution in [2.24, 2.45) is 0 Å². The number of nitrogens with zero attached hydrogens (tertiary/aromatic N) is 1. The van der Waals surface area contributed by atoms with Crippen LogP contribution in [0.4, 0.5) is 5.69 Å². The Kier molecular flexibility index (Phi) is 5.34. The van der Waals surface area contributed by atoms with E-state index in [-0.39, 0.29) is 10.8 Å². The molecule has 0 bridgehead atoms. The fraction of sp³-hybridized carbons (Fsp3) is 0.278. The summed E-state index contributed by atoms with van der Waals surface area (Å²) in [5.41, 5.74) is 0.939. The summed E-state index contributed by atoms with van der Waals surface area (Å²) in [6, 6.07) is 13.4. The molecule has 0 aliphatic carbocycles. The first-order chi connectivity index (χ1) is 12.0. The standard InChI is InChI=1S/C18H20N2O3S2/c1-24-17-10-9-15(13-16(17)18(21)20-11-5-6-12-20)25(22,23)19-14-7-3-2-4-8-14/h2-4,7-10,13,19H,5-6,11-12H2,1H3. The predicted molar refractivity (Wildman–Crippen MR) is 101 cm³/mol. The number of hydrogen-bond donors (Lipinski definition) is 1. The Hall–Kier alpha value is -1.99. The van der Waals surface area contributed by atoms with Crippen molar-refractivity contribution in [2.45, 2.75) is 22.6 Å². The molecule has 1 aliphatic heterocycles. The number of amides is 1. The van der Waals surface area contributed by atoms with Crippen LogP contribution >= 0.6 is 11.8 Å². The van der Waals surface area contributed by atoms with Crippen molar-refractivity contribution < 1.29 is 13.2 Å². The summed E-state index contributed by atoms with van der Waals surface area (Å²) in [7, 11) is -3.75. The van der Waals surface area contributed by atoms with Crippen LogP contribution in [-0.4, -0.2) is 38.6 Å². The van der Waals surface area contributed by atoms with Crippen LogP contribution in [-0.2, 0) is 10.0 Å². The summed E-state index contributed by atoms with van der Waals surface area (Å²) >= 11 is 1.44. The summed E-state index contributed by atoms with van der Waals surface area (Å²) < 4.78 is 27.9. The van der Waals surface area contributed by atoms with E-state index < -0.39 is 10.0 Å². The van der Waals surface area contributed by atoms with E-state index in [0.29, 0.717) is 11.3 Å². The van der Waals surface area contributed by atoms with Gasteiger partial charge in [-0.3, -0.25) is 9.52 Å². The highest BCUT2D eigenvalue weighted by atomic mass is 32.2. The second kappa shape index (κ2) is 7.49. The molecule has 1 amide bonds. The molecule has 1 saturated heterocycles. The normalized spacial score (nSPS) is 14.5. The van der Waals surface area contributed by atoms with E-state index in [1.54, 1.807) is 35.2 Å². The van der Waals surface area contributed by atoms with Gasteiger partial charge in [0, 0.05) is 23.7 Å². The van der Waals surface area contributed by atoms with Crippen LogP contribution in [0.25, 0.3) is 0 Å². The van der Waals surface area contributed by atoms with Gasteiger partial charge in [-0.1, -0.05) is 18.2 Å². The number of hydrogen-bond acceptors (Lipinski definition) is 4. The van der Waals surface area contributed by atoms with E-state index in [1.165, 1.54) is 23.9 Å². The van der Waals surface area contributed by atoms with Gasteiger partial charge in [0.2, 0.25) is 0 Å². The van der Waals surface area contributed by atoms with Crippen LogP contribution in [0.15, 0.2) is 58.3 Å². The first-order valence-electron chi connectivity index (χ1n) is 8.06. The van der Waals surface area contributed by atoms with Crippen LogP contribution in [0.5, 0.6) is 0 Å². The zero-order valence-electron chi connectivity index (χ0n) is 13.9. The molecule has 0 aromatic heterocycles. The second-order valence-electron chi connectivity index (χ2n) is 5.83. The Balaban J connectivity index is 1.94. The van der Waals surface area contributed by atoms with Crippen molar-refractivity contribution >= 4 is 33.4 Å². The Morgan fingerprint density at radius 1 is 1.08 bits per heavy atom. The number of nitrogens with one attached hydrogen (secondary N) is 1. The quantitative estimate of drug-likeness (QED) is 0.812. The number of carbonyl (C=O) groups is 1. The molecule has 2 aromatic rings. The topological polar surface area (TPSA) is 66.5 Å². The summed E-state index contributed by atoms with van der Waals surface area (Å²) in [4.78, 5) is 15.4. The summed E-state index contributed by atoms with van der Waals surface area (Å²) in [5.74, 6) is -0.0985. The Morgan fingerprint density at radius 3 is 2.40 bits per heavy atom. The van der Waals surface area contributed by atoms with Crippen LogP contribution < -0.4 is 4.72 Å². The maximum Gasteiger partial charge on any atom is 0.261 e. The van der Waals surface area contributed by atoms with Gasteiger partial charge in [-0.25, -0.2) is 8.42 Å². The molecule has 0 spiro atoms. The van der Waals surface area contributed by atoms with Crippen molar-refractivity contribution in [3.63, 3.8) is 0 Å². The minimum Gasteiger partial charge on any atom is -0.339 e. The van der Waals surface area contributed by atoms with Gasteiger partial charge in [-0.05, 0) is 49.4 Å². The maximum atomic E-state index is 12.8. The lowest BCUT2D eigenvalue weighted by Crippen LogP contribution is -2.28. The lowest BCUT2D eigenvalue weighted by Gasteiger charge is -2.18. The Labute approximate surface area is 152 Å². The smallest absolute Gasteiger partial charge is 0.261 e. The van der Waals surface area contributed by atoms with Gasteiger partial charge in [0.25, 0.3) is 15.9 Å². The highest BCUT2D eigenvalue weighted by Crippen LogP contribution is 2.27. The van der Waals surface area contributed by atoms with Gasteiger partial charge >= 0.3 is 0 Å². The molecule has 5 nitrogen and oxygen atoms in total. The highest BCUT2D eigenvalue weighted by Gasteiger charge is 2.24. The van der Waals surface area contributed by atoms with Gasteiger partial charge in [0.15, 0.2) is 0 Å². The van der Waals surface area contributed by atoms with Crippen molar-refractivity contribution in [3.05, 3.63) is 54.1 Å². The van der Waals surface area contributed by atoms with Crippen molar-refractivity contribution in [1.82, 2.24) is 4.90 Å². The highest BCUT2D eigenvalue weighted by molar-refractivity contribution is 7.98. The zero-order chi connectivity index (χ0) is 17.9. The number of anilines is 1. The van der Waals surface area contributed by atoms with E-state index in [4.69, 9.17) is 0 Å². The number of carbonyl (C=O) groups excluding carboxylic acids is 1. The molecule has 132 valence electrons. The third-order valence-corrected chi connectivity index (χ3v) is 6.31. The number of benzene rings is 2. The molecule has 25 heavy (non-hydrogen) atoms. The van der Waals surface area contributed by atoms with Gasteiger partial charge in [0.05, 0.1) is 10.5 Å². The molecule has 0 saturated carbocycles. The SMILES string of the molecule is CSc1ccc(S(=O)(=O)Nc2ccccc2)cc1C(=O)N1CCCC1. The summed E-state index contributed by atoms with van der Waals surface area (Å²) in [6.45, 7) is 1.46. The van der Waals surface area contributed by atoms with E-state index in [1.807, 2.05) is 12.3 Å². The van der Waals surface area contributed by atoms with Crippen molar-refractivity contribution in [2.75, 3.05) is 24.1 Å². The molecule has 1 N–H and O–H groups in total. The maximum absolute atomic E-state index is 12.8. The average molecular weight is 377 g/mol. The molecule has 2 aromatic carbocycles. The van der Waals surface area contributed by atoms with Gasteiger partial charge in [-0.15, -0.1) is 11.8 Å². The molecule has 0 unspecified atom stereocenters. The predicted octanol–water partition coefficient (Wildman–Crippen LogP) is 3.45. The van der Waals surface area contributed by atoms with E-state index in [2.05, 4.69) is 4.72 Å². The Morgan fingerprint density at radius 2 is 1.76 bits per heavy atom. The average Bonchev–Trinajstić information content (AvgIpc) is 3.15. The molecule has 7 heteroatoms. The first kappa shape index (κ1) is 17.8. The third-order valence-electron chi connectivity index (χ3n) is 4.13. The number of thioether (sulfide) groups is 1. The van der Waals surface area contributed by atoms with E-state index >= 15 is 0 Å². The number of sulfonamides is 1. The molecule has 1 heterocycles. The fourth-order valence-electron chi connectivity index (χ4n) is 2.83. The number of rotatable bonds is 5.